The van der Waals surface area contributed by atoms with Crippen molar-refractivity contribution < 1.29 is 8.95 Å². The molecule has 2 aromatic carbocycles. The van der Waals surface area contributed by atoms with Crippen LogP contribution in [0.5, 0.6) is 0 Å². The standard InChI is InChI=1S/C20H22O2S/c21-23(16-18-9-5-2-6-10-18)20-12-11-19(13-20)15-22-14-17-7-3-1-4-8-17/h1-10,12,19H,11,13-16H2/t19-,23?/m0/s1. The number of hydrogen-bond acceptors (Lipinski definition) is 2. The third-order valence-electron chi connectivity index (χ3n) is 4.07. The van der Waals surface area contributed by atoms with Crippen LogP contribution in [0.1, 0.15) is 24.0 Å². The Morgan fingerprint density at radius 2 is 1.61 bits per heavy atom. The van der Waals surface area contributed by atoms with E-state index < -0.39 is 10.8 Å². The van der Waals surface area contributed by atoms with E-state index in [1.54, 1.807) is 0 Å². The van der Waals surface area contributed by atoms with Gasteiger partial charge in [-0.3, -0.25) is 4.21 Å². The van der Waals surface area contributed by atoms with Crippen LogP contribution in [-0.2, 0) is 27.9 Å². The van der Waals surface area contributed by atoms with Gasteiger partial charge in [0.2, 0.25) is 0 Å². The maximum atomic E-state index is 12.5. The molecule has 3 rings (SSSR count). The first-order chi connectivity index (χ1) is 11.3. The molecule has 0 aliphatic heterocycles. The van der Waals surface area contributed by atoms with Gasteiger partial charge in [-0.25, -0.2) is 0 Å². The lowest BCUT2D eigenvalue weighted by atomic mass is 10.1. The van der Waals surface area contributed by atoms with Gasteiger partial charge in [-0.2, -0.15) is 0 Å². The summed E-state index contributed by atoms with van der Waals surface area (Å²) in [6.07, 6.45) is 4.02. The average molecular weight is 326 g/mol. The summed E-state index contributed by atoms with van der Waals surface area (Å²) >= 11 is 0. The van der Waals surface area contributed by atoms with E-state index >= 15 is 0 Å². The Morgan fingerprint density at radius 3 is 2.30 bits per heavy atom. The van der Waals surface area contributed by atoms with Crippen molar-refractivity contribution in [2.45, 2.75) is 25.2 Å². The summed E-state index contributed by atoms with van der Waals surface area (Å²) in [5.41, 5.74) is 2.34. The number of benzene rings is 2. The van der Waals surface area contributed by atoms with E-state index in [1.807, 2.05) is 48.5 Å². The summed E-state index contributed by atoms with van der Waals surface area (Å²) in [4.78, 5) is 1.09. The summed E-state index contributed by atoms with van der Waals surface area (Å²) in [5.74, 6) is 1.08. The van der Waals surface area contributed by atoms with Crippen LogP contribution in [0.2, 0.25) is 0 Å². The second-order valence-corrected chi connectivity index (χ2v) is 7.46. The molecule has 1 aliphatic carbocycles. The maximum Gasteiger partial charge on any atom is 0.0717 e. The Hall–Kier alpha value is -1.71. The average Bonchev–Trinajstić information content (AvgIpc) is 3.06. The van der Waals surface area contributed by atoms with E-state index in [4.69, 9.17) is 4.74 Å². The van der Waals surface area contributed by atoms with E-state index in [1.165, 1.54) is 5.56 Å². The molecule has 2 aromatic rings. The molecule has 3 heteroatoms. The molecular formula is C20H22O2S. The predicted molar refractivity (Wildman–Crippen MR) is 95.2 cm³/mol. The van der Waals surface area contributed by atoms with Gasteiger partial charge < -0.3 is 4.74 Å². The van der Waals surface area contributed by atoms with Crippen molar-refractivity contribution in [3.8, 4) is 0 Å². The highest BCUT2D eigenvalue weighted by Crippen LogP contribution is 2.29. The van der Waals surface area contributed by atoms with Gasteiger partial charge in [0, 0.05) is 4.91 Å². The Kier molecular flexibility index (Phi) is 5.78. The molecule has 0 bridgehead atoms. The zero-order valence-electron chi connectivity index (χ0n) is 13.2. The normalized spacial score (nSPS) is 18.6. The number of rotatable bonds is 7. The highest BCUT2D eigenvalue weighted by atomic mass is 32.2. The Bertz CT molecular complexity index is 665. The molecule has 0 amide bonds. The lowest BCUT2D eigenvalue weighted by Gasteiger charge is -2.11. The van der Waals surface area contributed by atoms with Gasteiger partial charge in [-0.15, -0.1) is 0 Å². The van der Waals surface area contributed by atoms with Crippen molar-refractivity contribution in [3.63, 3.8) is 0 Å². The smallest absolute Gasteiger partial charge is 0.0717 e. The number of hydrogen-bond donors (Lipinski definition) is 0. The van der Waals surface area contributed by atoms with Crippen molar-refractivity contribution in [3.05, 3.63) is 82.8 Å². The summed E-state index contributed by atoms with van der Waals surface area (Å²) in [6, 6.07) is 20.3. The zero-order valence-corrected chi connectivity index (χ0v) is 14.0. The number of ether oxygens (including phenoxy) is 1. The van der Waals surface area contributed by atoms with Crippen molar-refractivity contribution in [2.24, 2.45) is 5.92 Å². The largest absolute Gasteiger partial charge is 0.376 e. The molecule has 120 valence electrons. The molecule has 0 heterocycles. The lowest BCUT2D eigenvalue weighted by Crippen LogP contribution is -2.07. The quantitative estimate of drug-likeness (QED) is 0.751. The highest BCUT2D eigenvalue weighted by Gasteiger charge is 2.21. The monoisotopic (exact) mass is 326 g/mol. The first kappa shape index (κ1) is 16.2. The van der Waals surface area contributed by atoms with Crippen LogP contribution in [-0.4, -0.2) is 10.8 Å². The molecule has 2 atom stereocenters. The van der Waals surface area contributed by atoms with Crippen LogP contribution in [0.4, 0.5) is 0 Å². The van der Waals surface area contributed by atoms with E-state index in [9.17, 15) is 4.21 Å². The summed E-state index contributed by atoms with van der Waals surface area (Å²) in [6.45, 7) is 1.39. The van der Waals surface area contributed by atoms with Gasteiger partial charge in [0.05, 0.1) is 29.8 Å². The molecule has 1 aliphatic rings. The fourth-order valence-electron chi connectivity index (χ4n) is 2.80. The molecule has 0 spiro atoms. The topological polar surface area (TPSA) is 26.3 Å². The predicted octanol–water partition coefficient (Wildman–Crippen LogP) is 4.45. The van der Waals surface area contributed by atoms with Gasteiger partial charge in [-0.05, 0) is 29.9 Å². The third-order valence-corrected chi connectivity index (χ3v) is 5.58. The fourth-order valence-corrected chi connectivity index (χ4v) is 4.18. The molecule has 1 unspecified atom stereocenters. The Balaban J connectivity index is 1.42. The van der Waals surface area contributed by atoms with Gasteiger partial charge in [0.25, 0.3) is 0 Å². The Morgan fingerprint density at radius 1 is 0.957 bits per heavy atom. The molecule has 2 nitrogen and oxygen atoms in total. The highest BCUT2D eigenvalue weighted by molar-refractivity contribution is 7.88. The molecule has 23 heavy (non-hydrogen) atoms. The minimum Gasteiger partial charge on any atom is -0.376 e. The van der Waals surface area contributed by atoms with E-state index in [2.05, 4.69) is 18.2 Å². The minimum atomic E-state index is -0.903. The minimum absolute atomic E-state index is 0.466. The van der Waals surface area contributed by atoms with Crippen LogP contribution < -0.4 is 0 Å². The van der Waals surface area contributed by atoms with Gasteiger partial charge in [-0.1, -0.05) is 66.7 Å². The van der Waals surface area contributed by atoms with Crippen LogP contribution in [0, 0.1) is 5.92 Å². The van der Waals surface area contributed by atoms with E-state index in [0.29, 0.717) is 18.3 Å². The second-order valence-electron chi connectivity index (χ2n) is 5.95. The first-order valence-electron chi connectivity index (χ1n) is 8.04. The summed E-state index contributed by atoms with van der Waals surface area (Å²) < 4.78 is 18.3. The van der Waals surface area contributed by atoms with Crippen LogP contribution in [0.3, 0.4) is 0 Å². The van der Waals surface area contributed by atoms with Crippen LogP contribution in [0.25, 0.3) is 0 Å². The zero-order chi connectivity index (χ0) is 15.9. The SMILES string of the molecule is O=S(Cc1ccccc1)C1=CC[C@H](COCc2ccccc2)C1. The molecule has 0 saturated heterocycles. The van der Waals surface area contributed by atoms with E-state index in [-0.39, 0.29) is 0 Å². The molecular weight excluding hydrogens is 304 g/mol. The first-order valence-corrected chi connectivity index (χ1v) is 9.36. The van der Waals surface area contributed by atoms with Crippen molar-refractivity contribution in [2.75, 3.05) is 6.61 Å². The van der Waals surface area contributed by atoms with Crippen LogP contribution in [0.15, 0.2) is 71.6 Å². The molecule has 0 saturated carbocycles. The van der Waals surface area contributed by atoms with E-state index in [0.717, 1.165) is 29.9 Å². The molecule has 0 aromatic heterocycles. The summed E-state index contributed by atoms with van der Waals surface area (Å²) in [5, 5.41) is 0. The maximum absolute atomic E-state index is 12.5. The molecule has 0 N–H and O–H groups in total. The summed E-state index contributed by atoms with van der Waals surface area (Å²) in [7, 11) is -0.903. The van der Waals surface area contributed by atoms with Gasteiger partial charge >= 0.3 is 0 Å². The van der Waals surface area contributed by atoms with Crippen molar-refractivity contribution in [1.29, 1.82) is 0 Å². The second kappa shape index (κ2) is 8.23. The van der Waals surface area contributed by atoms with Crippen LogP contribution >= 0.6 is 0 Å². The lowest BCUT2D eigenvalue weighted by molar-refractivity contribution is 0.0904. The van der Waals surface area contributed by atoms with Gasteiger partial charge in [0.1, 0.15) is 0 Å². The number of allylic oxidation sites excluding steroid dienone is 2. The molecule has 0 radical (unpaired) electrons. The van der Waals surface area contributed by atoms with Gasteiger partial charge in [0.15, 0.2) is 0 Å². The molecule has 0 fully saturated rings. The fraction of sp³-hybridized carbons (Fsp3) is 0.300. The van der Waals surface area contributed by atoms with Crippen molar-refractivity contribution in [1.82, 2.24) is 0 Å². The Labute approximate surface area is 140 Å². The third kappa shape index (κ3) is 4.88. The van der Waals surface area contributed by atoms with Crippen molar-refractivity contribution >= 4 is 10.8 Å².